The van der Waals surface area contributed by atoms with Crippen molar-refractivity contribution in [1.82, 2.24) is 0 Å². The van der Waals surface area contributed by atoms with Gasteiger partial charge in [0.2, 0.25) is 0 Å². The van der Waals surface area contributed by atoms with Gasteiger partial charge in [-0.3, -0.25) is 4.99 Å². The molecule has 0 aromatic heterocycles. The van der Waals surface area contributed by atoms with E-state index in [2.05, 4.69) is 4.99 Å². The lowest BCUT2D eigenvalue weighted by molar-refractivity contribution is -0.132. The van der Waals surface area contributed by atoms with E-state index < -0.39 is 5.97 Å². The molecule has 3 rings (SSSR count). The summed E-state index contributed by atoms with van der Waals surface area (Å²) in [6, 6.07) is 12.0. The summed E-state index contributed by atoms with van der Waals surface area (Å²) in [6.45, 7) is 0. The third kappa shape index (κ3) is 1.70. The second-order valence-corrected chi connectivity index (χ2v) is 4.27. The highest BCUT2D eigenvalue weighted by Gasteiger charge is 2.15. The summed E-state index contributed by atoms with van der Waals surface area (Å²) in [4.78, 5) is 15.2. The number of aliphatic carboxylic acids is 1. The Balaban J connectivity index is 2.25. The van der Waals surface area contributed by atoms with Gasteiger partial charge in [-0.1, -0.05) is 36.4 Å². The third-order valence-electron chi connectivity index (χ3n) is 3.16. The molecule has 0 atom stereocenters. The zero-order valence-electron chi connectivity index (χ0n) is 9.63. The molecule has 0 fully saturated rings. The Kier molecular flexibility index (Phi) is 2.45. The van der Waals surface area contributed by atoms with Crippen LogP contribution in [0.3, 0.4) is 0 Å². The molecule has 0 saturated carbocycles. The molecule has 0 amide bonds. The summed E-state index contributed by atoms with van der Waals surface area (Å²) < 4.78 is 0. The quantitative estimate of drug-likeness (QED) is 0.829. The van der Waals surface area contributed by atoms with Gasteiger partial charge in [0.1, 0.15) is 0 Å². The van der Waals surface area contributed by atoms with Crippen LogP contribution in [0, 0.1) is 0 Å². The Morgan fingerprint density at radius 2 is 2.00 bits per heavy atom. The highest BCUT2D eigenvalue weighted by Crippen LogP contribution is 2.25. The van der Waals surface area contributed by atoms with Gasteiger partial charge in [-0.15, -0.1) is 0 Å². The number of rotatable bonds is 1. The van der Waals surface area contributed by atoms with Crippen LogP contribution in [0.4, 0.5) is 0 Å². The molecule has 3 heteroatoms. The molecule has 18 heavy (non-hydrogen) atoms. The van der Waals surface area contributed by atoms with Crippen molar-refractivity contribution in [2.24, 2.45) is 4.99 Å². The molecule has 2 aromatic rings. The van der Waals surface area contributed by atoms with Gasteiger partial charge in [-0.05, 0) is 21.9 Å². The fourth-order valence-corrected chi connectivity index (χ4v) is 2.25. The van der Waals surface area contributed by atoms with Crippen molar-refractivity contribution < 1.29 is 9.90 Å². The standard InChI is InChI=1S/C15H11NO2/c17-15(18)12-7-14-11(8-16-9-12)6-5-10-3-1-2-4-13(10)14/h1-6,8-9H,7H2,(H,17,18). The van der Waals surface area contributed by atoms with E-state index >= 15 is 0 Å². The van der Waals surface area contributed by atoms with Gasteiger partial charge < -0.3 is 5.11 Å². The molecule has 1 heterocycles. The number of fused-ring (bicyclic) bond motifs is 3. The summed E-state index contributed by atoms with van der Waals surface area (Å²) in [5.41, 5.74) is 2.34. The number of hydrogen-bond donors (Lipinski definition) is 1. The SMILES string of the molecule is O=C(O)C1=CN=Cc2ccc3ccccc3c2C1. The second-order valence-electron chi connectivity index (χ2n) is 4.27. The van der Waals surface area contributed by atoms with Crippen LogP contribution in [0.25, 0.3) is 10.8 Å². The molecule has 0 spiro atoms. The maximum atomic E-state index is 11.1. The van der Waals surface area contributed by atoms with Crippen molar-refractivity contribution in [2.45, 2.75) is 6.42 Å². The molecule has 88 valence electrons. The van der Waals surface area contributed by atoms with Crippen LogP contribution in [0.5, 0.6) is 0 Å². The molecule has 0 radical (unpaired) electrons. The Hall–Kier alpha value is -2.42. The minimum atomic E-state index is -0.909. The molecular formula is C15H11NO2. The highest BCUT2D eigenvalue weighted by molar-refractivity contribution is 5.98. The Bertz CT molecular complexity index is 699. The monoisotopic (exact) mass is 237 g/mol. The topological polar surface area (TPSA) is 49.7 Å². The zero-order chi connectivity index (χ0) is 12.5. The highest BCUT2D eigenvalue weighted by atomic mass is 16.4. The number of aliphatic imine (C=N–C) groups is 1. The van der Waals surface area contributed by atoms with Crippen LogP contribution in [0.1, 0.15) is 11.1 Å². The van der Waals surface area contributed by atoms with Crippen LogP contribution in [-0.2, 0) is 11.2 Å². The van der Waals surface area contributed by atoms with Crippen LogP contribution < -0.4 is 0 Å². The average Bonchev–Trinajstić information content (AvgIpc) is 2.61. The van der Waals surface area contributed by atoms with Crippen molar-refractivity contribution in [3.63, 3.8) is 0 Å². The zero-order valence-corrected chi connectivity index (χ0v) is 9.63. The van der Waals surface area contributed by atoms with Gasteiger partial charge in [0.25, 0.3) is 0 Å². The fourth-order valence-electron chi connectivity index (χ4n) is 2.25. The maximum absolute atomic E-state index is 11.1. The van der Waals surface area contributed by atoms with E-state index in [9.17, 15) is 4.79 Å². The lowest BCUT2D eigenvalue weighted by Gasteiger charge is -2.09. The fraction of sp³-hybridized carbons (Fsp3) is 0.0667. The second kappa shape index (κ2) is 4.11. The summed E-state index contributed by atoms with van der Waals surface area (Å²) >= 11 is 0. The first-order chi connectivity index (χ1) is 8.75. The van der Waals surface area contributed by atoms with Gasteiger partial charge in [-0.2, -0.15) is 0 Å². The maximum Gasteiger partial charge on any atom is 0.333 e. The summed E-state index contributed by atoms with van der Waals surface area (Å²) in [5.74, 6) is -0.909. The van der Waals surface area contributed by atoms with Gasteiger partial charge in [-0.25, -0.2) is 4.79 Å². The van der Waals surface area contributed by atoms with Crippen molar-refractivity contribution in [3.05, 3.63) is 59.3 Å². The van der Waals surface area contributed by atoms with Crippen LogP contribution >= 0.6 is 0 Å². The Morgan fingerprint density at radius 3 is 2.83 bits per heavy atom. The van der Waals surface area contributed by atoms with E-state index in [1.165, 1.54) is 6.20 Å². The minimum absolute atomic E-state index is 0.321. The molecule has 0 saturated heterocycles. The van der Waals surface area contributed by atoms with E-state index in [-0.39, 0.29) is 0 Å². The summed E-state index contributed by atoms with van der Waals surface area (Å²) in [5, 5.41) is 11.3. The first kappa shape index (κ1) is 10.7. The third-order valence-corrected chi connectivity index (χ3v) is 3.16. The lowest BCUT2D eigenvalue weighted by atomic mass is 9.95. The van der Waals surface area contributed by atoms with Crippen molar-refractivity contribution in [3.8, 4) is 0 Å². The van der Waals surface area contributed by atoms with Gasteiger partial charge in [0.05, 0.1) is 5.57 Å². The van der Waals surface area contributed by atoms with E-state index in [0.29, 0.717) is 12.0 Å². The number of carboxylic acids is 1. The van der Waals surface area contributed by atoms with Crippen molar-refractivity contribution in [1.29, 1.82) is 0 Å². The molecule has 0 bridgehead atoms. The van der Waals surface area contributed by atoms with E-state index in [4.69, 9.17) is 5.11 Å². The predicted molar refractivity (Wildman–Crippen MR) is 71.0 cm³/mol. The van der Waals surface area contributed by atoms with E-state index in [1.54, 1.807) is 6.21 Å². The molecule has 0 aliphatic carbocycles. The van der Waals surface area contributed by atoms with Gasteiger partial charge >= 0.3 is 5.97 Å². The number of nitrogens with zero attached hydrogens (tertiary/aromatic N) is 1. The normalized spacial score (nSPS) is 13.9. The van der Waals surface area contributed by atoms with Crippen molar-refractivity contribution >= 4 is 23.0 Å². The smallest absolute Gasteiger partial charge is 0.333 e. The first-order valence-electron chi connectivity index (χ1n) is 5.72. The molecule has 2 aromatic carbocycles. The van der Waals surface area contributed by atoms with Crippen LogP contribution in [-0.4, -0.2) is 17.3 Å². The predicted octanol–water partition coefficient (Wildman–Crippen LogP) is 2.78. The van der Waals surface area contributed by atoms with E-state index in [1.807, 2.05) is 36.4 Å². The largest absolute Gasteiger partial charge is 0.478 e. The molecular weight excluding hydrogens is 226 g/mol. The number of benzene rings is 2. The molecule has 1 aliphatic heterocycles. The molecule has 3 nitrogen and oxygen atoms in total. The van der Waals surface area contributed by atoms with Gasteiger partial charge in [0, 0.05) is 18.8 Å². The number of carboxylic acid groups (broad SMARTS) is 1. The Labute approximate surface area is 104 Å². The first-order valence-corrected chi connectivity index (χ1v) is 5.72. The summed E-state index contributed by atoms with van der Waals surface area (Å²) in [7, 11) is 0. The lowest BCUT2D eigenvalue weighted by Crippen LogP contribution is -2.04. The van der Waals surface area contributed by atoms with Crippen LogP contribution in [0.2, 0.25) is 0 Å². The Morgan fingerprint density at radius 1 is 1.17 bits per heavy atom. The number of carbonyl (C=O) groups is 1. The molecule has 0 unspecified atom stereocenters. The molecule has 1 N–H and O–H groups in total. The van der Waals surface area contributed by atoms with E-state index in [0.717, 1.165) is 21.9 Å². The van der Waals surface area contributed by atoms with Gasteiger partial charge in [0.15, 0.2) is 0 Å². The summed E-state index contributed by atoms with van der Waals surface area (Å²) in [6.07, 6.45) is 3.56. The van der Waals surface area contributed by atoms with Crippen LogP contribution in [0.15, 0.2) is 53.2 Å². The van der Waals surface area contributed by atoms with Crippen molar-refractivity contribution in [2.75, 3.05) is 0 Å². The number of hydrogen-bond acceptors (Lipinski definition) is 2. The molecule has 1 aliphatic rings. The minimum Gasteiger partial charge on any atom is -0.478 e. The average molecular weight is 237 g/mol.